The van der Waals surface area contributed by atoms with Gasteiger partial charge in [0.05, 0.1) is 15.6 Å². The van der Waals surface area contributed by atoms with Gasteiger partial charge in [-0.05, 0) is 36.4 Å². The molecule has 0 fully saturated rings. The minimum atomic E-state index is -0.683. The van der Waals surface area contributed by atoms with Crippen LogP contribution in [0, 0.1) is 5.82 Å². The van der Waals surface area contributed by atoms with E-state index in [9.17, 15) is 9.18 Å². The molecule has 1 amide bonds. The first-order valence-corrected chi connectivity index (χ1v) is 6.04. The largest absolute Gasteiger partial charge is 0.399 e. The first-order chi connectivity index (χ1) is 8.97. The van der Waals surface area contributed by atoms with Crippen LogP contribution in [0.15, 0.2) is 36.4 Å². The van der Waals surface area contributed by atoms with Gasteiger partial charge >= 0.3 is 0 Å². The first-order valence-electron chi connectivity index (χ1n) is 5.29. The monoisotopic (exact) mass is 298 g/mol. The zero-order valence-electron chi connectivity index (χ0n) is 9.58. The van der Waals surface area contributed by atoms with E-state index >= 15 is 0 Å². The van der Waals surface area contributed by atoms with Crippen LogP contribution in [0.4, 0.5) is 15.8 Å². The normalized spacial score (nSPS) is 10.3. The number of nitrogens with one attached hydrogen (secondary N) is 1. The molecule has 2 rings (SSSR count). The summed E-state index contributed by atoms with van der Waals surface area (Å²) in [6.07, 6.45) is 0. The Labute approximate surface area is 119 Å². The number of hydrogen-bond donors (Lipinski definition) is 2. The minimum Gasteiger partial charge on any atom is -0.399 e. The van der Waals surface area contributed by atoms with Crippen molar-refractivity contribution in [1.29, 1.82) is 0 Å². The number of carbonyl (C=O) groups excluding carboxylic acids is 1. The Balaban J connectivity index is 2.23. The Kier molecular flexibility index (Phi) is 3.93. The summed E-state index contributed by atoms with van der Waals surface area (Å²) < 4.78 is 13.6. The maximum absolute atomic E-state index is 13.6. The minimum absolute atomic E-state index is 0.0970. The number of nitrogens with two attached hydrogens (primary N) is 1. The summed E-state index contributed by atoms with van der Waals surface area (Å²) in [7, 11) is 0. The Morgan fingerprint density at radius 2 is 1.84 bits per heavy atom. The van der Waals surface area contributed by atoms with E-state index in [-0.39, 0.29) is 11.3 Å². The lowest BCUT2D eigenvalue weighted by atomic mass is 10.1. The molecule has 0 radical (unpaired) electrons. The third-order valence-electron chi connectivity index (χ3n) is 2.42. The molecule has 0 bridgehead atoms. The highest BCUT2D eigenvalue weighted by Gasteiger charge is 2.12. The van der Waals surface area contributed by atoms with Crippen molar-refractivity contribution in [1.82, 2.24) is 0 Å². The van der Waals surface area contributed by atoms with E-state index in [1.807, 2.05) is 0 Å². The SMILES string of the molecule is Nc1ccc(C(=O)Nc2ccc(Cl)c(Cl)c2)c(F)c1. The zero-order chi connectivity index (χ0) is 14.0. The number of nitrogen functional groups attached to an aromatic ring is 1. The van der Waals surface area contributed by atoms with Crippen molar-refractivity contribution in [3.63, 3.8) is 0 Å². The lowest BCUT2D eigenvalue weighted by Crippen LogP contribution is -2.13. The Morgan fingerprint density at radius 1 is 1.11 bits per heavy atom. The van der Waals surface area contributed by atoms with Crippen LogP contribution >= 0.6 is 23.2 Å². The van der Waals surface area contributed by atoms with Gasteiger partial charge in [-0.1, -0.05) is 23.2 Å². The van der Waals surface area contributed by atoms with E-state index in [0.29, 0.717) is 15.7 Å². The van der Waals surface area contributed by atoms with Gasteiger partial charge in [-0.3, -0.25) is 4.79 Å². The summed E-state index contributed by atoms with van der Waals surface area (Å²) >= 11 is 11.6. The second kappa shape index (κ2) is 5.47. The lowest BCUT2D eigenvalue weighted by Gasteiger charge is -2.07. The molecule has 19 heavy (non-hydrogen) atoms. The van der Waals surface area contributed by atoms with E-state index in [1.165, 1.54) is 18.2 Å². The zero-order valence-corrected chi connectivity index (χ0v) is 11.1. The quantitative estimate of drug-likeness (QED) is 0.824. The van der Waals surface area contributed by atoms with E-state index in [2.05, 4.69) is 5.32 Å². The number of halogens is 3. The Hall–Kier alpha value is -1.78. The van der Waals surface area contributed by atoms with Crippen molar-refractivity contribution < 1.29 is 9.18 Å². The fraction of sp³-hybridized carbons (Fsp3) is 0. The van der Waals surface area contributed by atoms with Crippen LogP contribution in [0.3, 0.4) is 0 Å². The summed E-state index contributed by atoms with van der Waals surface area (Å²) in [5.41, 5.74) is 6.00. The maximum atomic E-state index is 13.6. The van der Waals surface area contributed by atoms with Crippen molar-refractivity contribution in [2.45, 2.75) is 0 Å². The third kappa shape index (κ3) is 3.16. The first kappa shape index (κ1) is 13.6. The topological polar surface area (TPSA) is 55.1 Å². The standard InChI is InChI=1S/C13H9Cl2FN2O/c14-10-4-2-8(6-11(10)15)18-13(19)9-3-1-7(17)5-12(9)16/h1-6H,17H2,(H,18,19). The van der Waals surface area contributed by atoms with Crippen LogP contribution < -0.4 is 11.1 Å². The molecule has 0 spiro atoms. The van der Waals surface area contributed by atoms with Crippen LogP contribution in [0.2, 0.25) is 10.0 Å². The summed E-state index contributed by atoms with van der Waals surface area (Å²) in [6.45, 7) is 0. The predicted octanol–water partition coefficient (Wildman–Crippen LogP) is 3.97. The highest BCUT2D eigenvalue weighted by atomic mass is 35.5. The van der Waals surface area contributed by atoms with Gasteiger partial charge < -0.3 is 11.1 Å². The Morgan fingerprint density at radius 3 is 2.47 bits per heavy atom. The van der Waals surface area contributed by atoms with Gasteiger partial charge in [0.25, 0.3) is 5.91 Å². The summed E-state index contributed by atoms with van der Waals surface area (Å²) in [6, 6.07) is 8.45. The van der Waals surface area contributed by atoms with E-state index < -0.39 is 11.7 Å². The van der Waals surface area contributed by atoms with Crippen molar-refractivity contribution in [2.24, 2.45) is 0 Å². The van der Waals surface area contributed by atoms with Gasteiger partial charge in [0.2, 0.25) is 0 Å². The second-order valence-corrected chi connectivity index (χ2v) is 4.64. The number of anilines is 2. The van der Waals surface area contributed by atoms with Crippen molar-refractivity contribution >= 4 is 40.5 Å². The number of hydrogen-bond acceptors (Lipinski definition) is 2. The molecule has 2 aromatic rings. The lowest BCUT2D eigenvalue weighted by molar-refractivity contribution is 0.102. The van der Waals surface area contributed by atoms with Gasteiger partial charge in [-0.2, -0.15) is 0 Å². The molecule has 0 aliphatic rings. The van der Waals surface area contributed by atoms with Crippen LogP contribution in [0.5, 0.6) is 0 Å². The molecule has 0 aliphatic carbocycles. The molecule has 0 aromatic heterocycles. The molecule has 0 heterocycles. The number of amides is 1. The molecule has 98 valence electrons. The number of benzene rings is 2. The van der Waals surface area contributed by atoms with E-state index in [1.54, 1.807) is 12.1 Å². The van der Waals surface area contributed by atoms with E-state index in [0.717, 1.165) is 6.07 Å². The molecule has 0 saturated heterocycles. The van der Waals surface area contributed by atoms with Gasteiger partial charge in [-0.15, -0.1) is 0 Å². The second-order valence-electron chi connectivity index (χ2n) is 3.82. The van der Waals surface area contributed by atoms with Gasteiger partial charge in [0.1, 0.15) is 5.82 Å². The van der Waals surface area contributed by atoms with Gasteiger partial charge in [0, 0.05) is 11.4 Å². The van der Waals surface area contributed by atoms with E-state index in [4.69, 9.17) is 28.9 Å². The average molecular weight is 299 g/mol. The highest BCUT2D eigenvalue weighted by Crippen LogP contribution is 2.25. The molecule has 0 atom stereocenters. The average Bonchev–Trinajstić information content (AvgIpc) is 2.33. The van der Waals surface area contributed by atoms with Crippen LogP contribution in [0.25, 0.3) is 0 Å². The summed E-state index contributed by atoms with van der Waals surface area (Å²) in [5, 5.41) is 3.20. The molecule has 0 aliphatic heterocycles. The number of carbonyl (C=O) groups is 1. The maximum Gasteiger partial charge on any atom is 0.258 e. The molecule has 0 unspecified atom stereocenters. The highest BCUT2D eigenvalue weighted by molar-refractivity contribution is 6.42. The molecular formula is C13H9Cl2FN2O. The summed E-state index contributed by atoms with van der Waals surface area (Å²) in [4.78, 5) is 11.9. The van der Waals surface area contributed by atoms with Gasteiger partial charge in [-0.25, -0.2) is 4.39 Å². The molecule has 3 nitrogen and oxygen atoms in total. The van der Waals surface area contributed by atoms with Crippen molar-refractivity contribution in [3.05, 3.63) is 57.8 Å². The smallest absolute Gasteiger partial charge is 0.258 e. The fourth-order valence-electron chi connectivity index (χ4n) is 1.49. The van der Waals surface area contributed by atoms with Gasteiger partial charge in [0.15, 0.2) is 0 Å². The van der Waals surface area contributed by atoms with Crippen LogP contribution in [0.1, 0.15) is 10.4 Å². The Bertz CT molecular complexity index is 647. The predicted molar refractivity (Wildman–Crippen MR) is 75.2 cm³/mol. The van der Waals surface area contributed by atoms with Crippen molar-refractivity contribution in [2.75, 3.05) is 11.1 Å². The van der Waals surface area contributed by atoms with Crippen molar-refractivity contribution in [3.8, 4) is 0 Å². The molecular weight excluding hydrogens is 290 g/mol. The molecule has 3 N–H and O–H groups in total. The molecule has 2 aromatic carbocycles. The third-order valence-corrected chi connectivity index (χ3v) is 3.15. The van der Waals surface area contributed by atoms with Crippen LogP contribution in [-0.4, -0.2) is 5.91 Å². The molecule has 0 saturated carbocycles. The van der Waals surface area contributed by atoms with Crippen LogP contribution in [-0.2, 0) is 0 Å². The fourth-order valence-corrected chi connectivity index (χ4v) is 1.79. The molecule has 6 heteroatoms. The summed E-state index contributed by atoms with van der Waals surface area (Å²) in [5.74, 6) is -1.27. The number of rotatable bonds is 2.